The van der Waals surface area contributed by atoms with Gasteiger partial charge in [-0.15, -0.1) is 0 Å². The minimum atomic E-state index is -3.40. The van der Waals surface area contributed by atoms with Crippen molar-refractivity contribution in [2.45, 2.75) is 30.4 Å². The minimum absolute atomic E-state index is 0.0313. The highest BCUT2D eigenvalue weighted by Gasteiger charge is 2.30. The number of nitrogens with zero attached hydrogens (tertiary/aromatic N) is 1. The van der Waals surface area contributed by atoms with Crippen LogP contribution in [0.4, 0.5) is 10.1 Å². The number of hydrogen-bond acceptors (Lipinski definition) is 4. The fourth-order valence-electron chi connectivity index (χ4n) is 2.21. The van der Waals surface area contributed by atoms with Gasteiger partial charge >= 0.3 is 0 Å². The minimum Gasteiger partial charge on any atom is -0.391 e. The molecule has 1 fully saturated rings. The number of hydrogen-bond donors (Lipinski definition) is 1. The number of rotatable bonds is 2. The van der Waals surface area contributed by atoms with Gasteiger partial charge in [0, 0.05) is 12.8 Å². The summed E-state index contributed by atoms with van der Waals surface area (Å²) in [7, 11) is -3.40. The highest BCUT2D eigenvalue weighted by atomic mass is 32.2. The Bertz CT molecular complexity index is 558. The predicted octanol–water partition coefficient (Wildman–Crippen LogP) is 1.19. The van der Waals surface area contributed by atoms with Crippen LogP contribution in [0, 0.1) is 5.82 Å². The number of anilines is 1. The van der Waals surface area contributed by atoms with E-state index >= 15 is 0 Å². The second-order valence-corrected chi connectivity index (χ2v) is 6.69. The van der Waals surface area contributed by atoms with Gasteiger partial charge in [0.1, 0.15) is 5.82 Å². The predicted molar refractivity (Wildman–Crippen MR) is 66.9 cm³/mol. The van der Waals surface area contributed by atoms with E-state index in [1.807, 2.05) is 6.92 Å². The fourth-order valence-corrected chi connectivity index (χ4v) is 2.85. The molecule has 0 spiro atoms. The Morgan fingerprint density at radius 1 is 1.44 bits per heavy atom. The van der Waals surface area contributed by atoms with Crippen molar-refractivity contribution >= 4 is 15.5 Å². The van der Waals surface area contributed by atoms with Crippen LogP contribution in [0.3, 0.4) is 0 Å². The molecule has 0 radical (unpaired) electrons. The molecule has 1 aliphatic rings. The van der Waals surface area contributed by atoms with Crippen LogP contribution in [0.2, 0.25) is 0 Å². The molecule has 0 amide bonds. The normalized spacial score (nSPS) is 24.6. The molecule has 2 rings (SSSR count). The molecule has 6 heteroatoms. The van der Waals surface area contributed by atoms with Crippen molar-refractivity contribution in [3.05, 3.63) is 24.0 Å². The molecule has 18 heavy (non-hydrogen) atoms. The molecule has 1 aliphatic heterocycles. The summed E-state index contributed by atoms with van der Waals surface area (Å²) in [6.45, 7) is 2.39. The average molecular weight is 273 g/mol. The molecule has 2 atom stereocenters. The summed E-state index contributed by atoms with van der Waals surface area (Å²) in [5.41, 5.74) is 0.339. The molecule has 0 saturated carbocycles. The first-order chi connectivity index (χ1) is 8.30. The van der Waals surface area contributed by atoms with Gasteiger partial charge < -0.3 is 10.0 Å². The van der Waals surface area contributed by atoms with Gasteiger partial charge in [0.15, 0.2) is 9.84 Å². The van der Waals surface area contributed by atoms with Crippen LogP contribution in [0.5, 0.6) is 0 Å². The van der Waals surface area contributed by atoms with Crippen LogP contribution < -0.4 is 4.90 Å². The maximum absolute atomic E-state index is 13.9. The van der Waals surface area contributed by atoms with Gasteiger partial charge in [0.2, 0.25) is 0 Å². The Morgan fingerprint density at radius 3 is 2.56 bits per heavy atom. The maximum Gasteiger partial charge on any atom is 0.175 e. The van der Waals surface area contributed by atoms with Gasteiger partial charge in [0.25, 0.3) is 0 Å². The Labute approximate surface area is 106 Å². The number of aliphatic hydroxyl groups is 1. The summed E-state index contributed by atoms with van der Waals surface area (Å²) in [5, 5.41) is 9.64. The van der Waals surface area contributed by atoms with E-state index in [4.69, 9.17) is 0 Å². The SMILES string of the molecule is C[C@@H]1[C@H](O)CCN1c1ccc(S(C)(=O)=O)cc1F. The van der Waals surface area contributed by atoms with E-state index in [1.54, 1.807) is 4.90 Å². The zero-order chi connectivity index (χ0) is 13.5. The lowest BCUT2D eigenvalue weighted by atomic mass is 10.2. The number of benzene rings is 1. The second-order valence-electron chi connectivity index (χ2n) is 4.68. The molecule has 100 valence electrons. The molecule has 1 N–H and O–H groups in total. The molecular weight excluding hydrogens is 257 g/mol. The first-order valence-corrected chi connectivity index (χ1v) is 7.64. The Hall–Kier alpha value is -1.14. The molecule has 1 heterocycles. The smallest absolute Gasteiger partial charge is 0.175 e. The van der Waals surface area contributed by atoms with Gasteiger partial charge in [-0.3, -0.25) is 0 Å². The topological polar surface area (TPSA) is 57.6 Å². The quantitative estimate of drug-likeness (QED) is 0.879. The van der Waals surface area contributed by atoms with Crippen molar-refractivity contribution < 1.29 is 17.9 Å². The van der Waals surface area contributed by atoms with E-state index in [2.05, 4.69) is 0 Å². The van der Waals surface area contributed by atoms with Crippen molar-refractivity contribution in [2.75, 3.05) is 17.7 Å². The molecule has 0 unspecified atom stereocenters. The van der Waals surface area contributed by atoms with Crippen molar-refractivity contribution in [3.8, 4) is 0 Å². The van der Waals surface area contributed by atoms with Crippen LogP contribution in [-0.2, 0) is 9.84 Å². The third-order valence-electron chi connectivity index (χ3n) is 3.37. The summed E-state index contributed by atoms with van der Waals surface area (Å²) >= 11 is 0. The molecule has 1 saturated heterocycles. The number of sulfone groups is 1. The van der Waals surface area contributed by atoms with Crippen molar-refractivity contribution in [2.24, 2.45) is 0 Å². The molecule has 0 aromatic heterocycles. The summed E-state index contributed by atoms with van der Waals surface area (Å²) in [6, 6.07) is 3.72. The lowest BCUT2D eigenvalue weighted by Gasteiger charge is -2.25. The lowest BCUT2D eigenvalue weighted by molar-refractivity contribution is 0.170. The first-order valence-electron chi connectivity index (χ1n) is 5.75. The molecule has 1 aromatic rings. The third kappa shape index (κ3) is 2.35. The summed E-state index contributed by atoms with van der Waals surface area (Å²) in [4.78, 5) is 1.72. The van der Waals surface area contributed by atoms with Crippen molar-refractivity contribution in [1.82, 2.24) is 0 Å². The second kappa shape index (κ2) is 4.51. The Balaban J connectivity index is 2.37. The highest BCUT2D eigenvalue weighted by molar-refractivity contribution is 7.90. The lowest BCUT2D eigenvalue weighted by Crippen LogP contribution is -2.32. The Morgan fingerprint density at radius 2 is 2.11 bits per heavy atom. The van der Waals surface area contributed by atoms with E-state index in [9.17, 15) is 17.9 Å². The molecule has 4 nitrogen and oxygen atoms in total. The summed E-state index contributed by atoms with van der Waals surface area (Å²) in [6.07, 6.45) is 1.16. The van der Waals surface area contributed by atoms with Crippen LogP contribution >= 0.6 is 0 Å². The Kier molecular flexibility index (Phi) is 3.33. The van der Waals surface area contributed by atoms with Gasteiger partial charge in [-0.1, -0.05) is 0 Å². The van der Waals surface area contributed by atoms with Gasteiger partial charge in [0.05, 0.1) is 22.7 Å². The fraction of sp³-hybridized carbons (Fsp3) is 0.500. The van der Waals surface area contributed by atoms with Crippen LogP contribution in [0.1, 0.15) is 13.3 Å². The summed E-state index contributed by atoms with van der Waals surface area (Å²) in [5.74, 6) is -0.570. The van der Waals surface area contributed by atoms with E-state index < -0.39 is 21.8 Å². The first kappa shape index (κ1) is 13.3. The number of aliphatic hydroxyl groups excluding tert-OH is 1. The van der Waals surface area contributed by atoms with Crippen LogP contribution in [0.15, 0.2) is 23.1 Å². The maximum atomic E-state index is 13.9. The van der Waals surface area contributed by atoms with Crippen LogP contribution in [-0.4, -0.2) is 38.5 Å². The zero-order valence-corrected chi connectivity index (χ0v) is 11.1. The highest BCUT2D eigenvalue weighted by Crippen LogP contribution is 2.29. The largest absolute Gasteiger partial charge is 0.391 e. The van der Waals surface area contributed by atoms with Gasteiger partial charge in [-0.05, 0) is 31.5 Å². The van der Waals surface area contributed by atoms with E-state index in [-0.39, 0.29) is 10.9 Å². The van der Waals surface area contributed by atoms with Gasteiger partial charge in [-0.25, -0.2) is 12.8 Å². The van der Waals surface area contributed by atoms with Gasteiger partial charge in [-0.2, -0.15) is 0 Å². The van der Waals surface area contributed by atoms with E-state index in [0.717, 1.165) is 12.3 Å². The van der Waals surface area contributed by atoms with Crippen molar-refractivity contribution in [1.29, 1.82) is 0 Å². The monoisotopic (exact) mass is 273 g/mol. The average Bonchev–Trinajstić information content (AvgIpc) is 2.59. The zero-order valence-electron chi connectivity index (χ0n) is 10.3. The van der Waals surface area contributed by atoms with Crippen LogP contribution in [0.25, 0.3) is 0 Å². The molecule has 1 aromatic carbocycles. The standard InChI is InChI=1S/C12H16FNO3S/c1-8-12(15)5-6-14(8)11-4-3-9(7-10(11)13)18(2,16)17/h3-4,7-8,12,15H,5-6H2,1-2H3/t8-,12-/m1/s1. The summed E-state index contributed by atoms with van der Waals surface area (Å²) < 4.78 is 36.6. The third-order valence-corrected chi connectivity index (χ3v) is 4.48. The molecule has 0 aliphatic carbocycles. The van der Waals surface area contributed by atoms with Crippen molar-refractivity contribution in [3.63, 3.8) is 0 Å². The van der Waals surface area contributed by atoms with E-state index in [1.165, 1.54) is 12.1 Å². The molecule has 0 bridgehead atoms. The molecular formula is C12H16FNO3S. The number of halogens is 1. The van der Waals surface area contributed by atoms with E-state index in [0.29, 0.717) is 18.7 Å².